The summed E-state index contributed by atoms with van der Waals surface area (Å²) in [5.74, 6) is -7.52. The van der Waals surface area contributed by atoms with E-state index < -0.39 is 119 Å². The molecule has 0 spiro atoms. The second-order valence-corrected chi connectivity index (χ2v) is 14.3. The molecule has 0 aliphatic carbocycles. The van der Waals surface area contributed by atoms with E-state index in [2.05, 4.69) is 0 Å². The summed E-state index contributed by atoms with van der Waals surface area (Å²) in [5.41, 5.74) is -0.529. The third kappa shape index (κ3) is 9.27. The van der Waals surface area contributed by atoms with Crippen LogP contribution in [0.3, 0.4) is 0 Å². The minimum Gasteiger partial charge on any atom is -0.504 e. The van der Waals surface area contributed by atoms with Crippen molar-refractivity contribution in [3.63, 3.8) is 0 Å². The molecule has 23 heteroatoms. The number of carboxylic acid groups (broad SMARTS) is 2. The van der Waals surface area contributed by atoms with Crippen molar-refractivity contribution in [1.82, 2.24) is 0 Å². The van der Waals surface area contributed by atoms with Gasteiger partial charge in [-0.2, -0.15) is 0 Å². The van der Waals surface area contributed by atoms with Gasteiger partial charge in [-0.1, -0.05) is 60.7 Å². The molecule has 2 aliphatic rings. The minimum atomic E-state index is -1.94. The van der Waals surface area contributed by atoms with Crippen LogP contribution >= 0.6 is 0 Å². The van der Waals surface area contributed by atoms with E-state index in [0.29, 0.717) is 11.1 Å². The number of phenolic OH excluding ortho intramolecular Hbond substituents is 4. The summed E-state index contributed by atoms with van der Waals surface area (Å²) in [5, 5.41) is 118. The van der Waals surface area contributed by atoms with Crippen molar-refractivity contribution < 1.29 is 116 Å². The number of ether oxygens (including phenoxy) is 4. The van der Waals surface area contributed by atoms with E-state index >= 15 is 0 Å². The molecule has 8 rings (SSSR count). The van der Waals surface area contributed by atoms with Crippen LogP contribution in [-0.2, 0) is 36.1 Å². The zero-order valence-corrected chi connectivity index (χ0v) is 33.8. The summed E-state index contributed by atoms with van der Waals surface area (Å²) in [6, 6.07) is 21.5. The Kier molecular flexibility index (Phi) is 14.1. The Hall–Kier alpha value is -6.76. The van der Waals surface area contributed by atoms with Crippen molar-refractivity contribution in [3.05, 3.63) is 105 Å². The molecule has 12 N–H and O–H groups in total. The normalized spacial score (nSPS) is 25.1. The largest absolute Gasteiger partial charge is 3.00 e. The van der Waals surface area contributed by atoms with Crippen LogP contribution in [0.5, 0.6) is 34.5 Å². The molecule has 10 atom stereocenters. The molecule has 1 radical (unpaired) electrons. The van der Waals surface area contributed by atoms with Gasteiger partial charge in [0.2, 0.25) is 24.1 Å². The molecule has 4 heterocycles. The van der Waals surface area contributed by atoms with Crippen LogP contribution in [0, 0.1) is 0 Å². The second kappa shape index (κ2) is 19.1. The van der Waals surface area contributed by atoms with Gasteiger partial charge < -0.3 is 89.1 Å². The number of carbonyl (C=O) groups is 2. The van der Waals surface area contributed by atoms with E-state index in [9.17, 15) is 70.2 Å². The number of carboxylic acids is 2. The minimum absolute atomic E-state index is 0. The van der Waals surface area contributed by atoms with Gasteiger partial charge in [0.1, 0.15) is 70.1 Å². The number of fused-ring (bicyclic) bond motifs is 2. The topological polar surface area (TPSA) is 374 Å². The van der Waals surface area contributed by atoms with Crippen molar-refractivity contribution >= 4 is 33.9 Å². The number of phenols is 4. The molecule has 2 aliphatic heterocycles. The predicted molar refractivity (Wildman–Crippen MR) is 212 cm³/mol. The summed E-state index contributed by atoms with van der Waals surface area (Å²) in [6.45, 7) is 0. The van der Waals surface area contributed by atoms with Gasteiger partial charge in [0, 0.05) is 35.4 Å². The summed E-state index contributed by atoms with van der Waals surface area (Å²) in [4.78, 5) is 47.6. The molecular formula is C42H36FeO22+3. The summed E-state index contributed by atoms with van der Waals surface area (Å²) >= 11 is 0. The van der Waals surface area contributed by atoms with Crippen molar-refractivity contribution in [2.24, 2.45) is 0 Å². The van der Waals surface area contributed by atoms with E-state index in [1.54, 1.807) is 60.7 Å². The van der Waals surface area contributed by atoms with Crippen LogP contribution in [-0.4, -0.2) is 135 Å². The third-order valence-corrected chi connectivity index (χ3v) is 10.1. The molecular weight excluding hydrogens is 912 g/mol. The number of aliphatic hydroxyl groups is 6. The van der Waals surface area contributed by atoms with Gasteiger partial charge in [-0.25, -0.2) is 9.59 Å². The summed E-state index contributed by atoms with van der Waals surface area (Å²) < 4.78 is 32.0. The molecule has 2 fully saturated rings. The Morgan fingerprint density at radius 2 is 0.815 bits per heavy atom. The zero-order valence-electron chi connectivity index (χ0n) is 32.7. The molecule has 0 saturated carbocycles. The summed E-state index contributed by atoms with van der Waals surface area (Å²) in [7, 11) is 0. The average molecular weight is 949 g/mol. The number of rotatable bonds is 8. The number of hydrogen-bond donors (Lipinski definition) is 12. The number of aromatic hydroxyl groups is 4. The van der Waals surface area contributed by atoms with Crippen LogP contribution in [0.2, 0.25) is 0 Å². The van der Waals surface area contributed by atoms with Gasteiger partial charge in [0.15, 0.2) is 46.1 Å². The first kappa shape index (κ1) is 47.7. The first-order valence-electron chi connectivity index (χ1n) is 18.7. The smallest absolute Gasteiger partial charge is 0.504 e. The maximum atomic E-state index is 12.5. The molecule has 6 aromatic rings. The van der Waals surface area contributed by atoms with Crippen molar-refractivity contribution in [1.29, 1.82) is 0 Å². The van der Waals surface area contributed by atoms with E-state index in [1.807, 2.05) is 0 Å². The second-order valence-electron chi connectivity index (χ2n) is 14.3. The molecule has 22 nitrogen and oxygen atoms in total. The zero-order chi connectivity index (χ0) is 46.3. The fourth-order valence-corrected chi connectivity index (χ4v) is 6.76. The Bertz CT molecular complexity index is 2640. The third-order valence-electron chi connectivity index (χ3n) is 10.1. The quantitative estimate of drug-likeness (QED) is 0.0720. The number of benzene rings is 4. The van der Waals surface area contributed by atoms with E-state index in [0.717, 1.165) is 24.3 Å². The number of aliphatic hydroxyl groups excluding tert-OH is 6. The van der Waals surface area contributed by atoms with Crippen molar-refractivity contribution in [3.8, 4) is 57.1 Å². The first-order valence-corrected chi connectivity index (χ1v) is 18.7. The molecule has 2 saturated heterocycles. The van der Waals surface area contributed by atoms with Crippen LogP contribution < -0.4 is 20.3 Å². The van der Waals surface area contributed by atoms with Gasteiger partial charge in [-0.15, -0.1) is 0 Å². The standard InChI is InChI=1S/2C21H18O11.Fe/c2*22-9-6-10(8-4-2-1-3-5-8)30-11-7-12(14(23)15(24)13(9)11)31-21-18(27)16(25)17(26)19(32-21)20(28)29;/h2*1-7,16-19,21,23-27H,(H,28,29);/q;;+3. The maximum absolute atomic E-state index is 12.5. The van der Waals surface area contributed by atoms with Crippen LogP contribution in [0.4, 0.5) is 0 Å². The SMILES string of the molecule is O=C(O)C1OC(Oc2cc3oc(-c4ccccc4)cc(=O)c3c(O)c2O)C(O)C(O)C1O.O=C(O)C1OC(Oc2cc3oc(-c4ccccc4)cc(=O)c3c(O)c2O)C(O)C(O)C1O.[Fe+3]. The van der Waals surface area contributed by atoms with Crippen molar-refractivity contribution in [2.75, 3.05) is 0 Å². The Morgan fingerprint density at radius 1 is 0.477 bits per heavy atom. The van der Waals surface area contributed by atoms with Crippen LogP contribution in [0.1, 0.15) is 0 Å². The number of aliphatic carboxylic acids is 2. The van der Waals surface area contributed by atoms with E-state index in [1.165, 1.54) is 0 Å². The maximum Gasteiger partial charge on any atom is 3.00 e. The number of hydrogen-bond acceptors (Lipinski definition) is 20. The molecule has 0 bridgehead atoms. The van der Waals surface area contributed by atoms with Crippen molar-refractivity contribution in [2.45, 2.75) is 61.4 Å². The van der Waals surface area contributed by atoms with E-state index in [4.69, 9.17) is 38.0 Å². The molecule has 65 heavy (non-hydrogen) atoms. The Balaban J connectivity index is 0.000000212. The van der Waals surface area contributed by atoms with Crippen LogP contribution in [0.25, 0.3) is 44.6 Å². The summed E-state index contributed by atoms with van der Waals surface area (Å²) in [6.07, 6.45) is -19.1. The van der Waals surface area contributed by atoms with Gasteiger partial charge in [0.25, 0.3) is 0 Å². The molecule has 0 amide bonds. The fourth-order valence-electron chi connectivity index (χ4n) is 6.76. The van der Waals surface area contributed by atoms with Crippen LogP contribution in [0.15, 0.2) is 103 Å². The fraction of sp³-hybridized carbons (Fsp3) is 0.238. The first-order chi connectivity index (χ1) is 30.4. The van der Waals surface area contributed by atoms with Gasteiger partial charge in [-0.3, -0.25) is 9.59 Å². The monoisotopic (exact) mass is 948 g/mol. The van der Waals surface area contributed by atoms with Gasteiger partial charge >= 0.3 is 29.0 Å². The predicted octanol–water partition coefficient (Wildman–Crippen LogP) is 0.282. The molecule has 4 aromatic carbocycles. The Morgan fingerprint density at radius 3 is 1.14 bits per heavy atom. The van der Waals surface area contributed by atoms with Gasteiger partial charge in [0.05, 0.1) is 0 Å². The molecule has 10 unspecified atom stereocenters. The Labute approximate surface area is 372 Å². The molecule has 341 valence electrons. The van der Waals surface area contributed by atoms with E-state index in [-0.39, 0.29) is 50.5 Å². The molecule has 2 aromatic heterocycles. The average Bonchev–Trinajstić information content (AvgIpc) is 3.27. The van der Waals surface area contributed by atoms with Gasteiger partial charge in [-0.05, 0) is 0 Å².